The molecule has 0 fully saturated rings. The molecule has 0 aliphatic carbocycles. The summed E-state index contributed by atoms with van der Waals surface area (Å²) in [5, 5.41) is 27.6. The quantitative estimate of drug-likeness (QED) is 0.648. The number of unbranched alkanes of at least 4 members (excludes halogenated alkanes) is 1. The maximum atomic E-state index is 10.6. The first-order chi connectivity index (χ1) is 11.5. The van der Waals surface area contributed by atoms with Crippen molar-refractivity contribution in [3.8, 4) is 11.1 Å². The highest BCUT2D eigenvalue weighted by Gasteiger charge is 2.22. The van der Waals surface area contributed by atoms with Crippen molar-refractivity contribution in [2.75, 3.05) is 0 Å². The van der Waals surface area contributed by atoms with Crippen molar-refractivity contribution in [3.63, 3.8) is 0 Å². The van der Waals surface area contributed by atoms with Crippen LogP contribution in [0.2, 0.25) is 0 Å². The molecule has 0 bridgehead atoms. The molecule has 0 saturated carbocycles. The Kier molecular flexibility index (Phi) is 6.46. The van der Waals surface area contributed by atoms with E-state index in [1.54, 1.807) is 6.20 Å². The summed E-state index contributed by atoms with van der Waals surface area (Å²) in [7, 11) is 0. The van der Waals surface area contributed by atoms with E-state index in [4.69, 9.17) is 5.11 Å². The van der Waals surface area contributed by atoms with Gasteiger partial charge in [0.05, 0.1) is 6.10 Å². The number of pyridine rings is 1. The summed E-state index contributed by atoms with van der Waals surface area (Å²) in [4.78, 5) is 15.0. The van der Waals surface area contributed by atoms with Crippen LogP contribution in [0.15, 0.2) is 42.6 Å². The third-order valence-electron chi connectivity index (χ3n) is 4.15. The Morgan fingerprint density at radius 2 is 1.83 bits per heavy atom. The van der Waals surface area contributed by atoms with E-state index in [9.17, 15) is 15.0 Å². The molecule has 24 heavy (non-hydrogen) atoms. The highest BCUT2D eigenvalue weighted by atomic mass is 16.4. The number of aromatic nitrogens is 1. The van der Waals surface area contributed by atoms with Crippen LogP contribution in [0.3, 0.4) is 0 Å². The SMILES string of the molecule is Cc1nccc(-c2ccccc2)c1CCCC[C@@H](O)[C@@H](O)C(=O)O. The molecule has 5 heteroatoms. The molecule has 128 valence electrons. The Bertz CT molecular complexity index is 672. The van der Waals surface area contributed by atoms with Crippen LogP contribution in [0, 0.1) is 6.92 Å². The zero-order chi connectivity index (χ0) is 17.5. The first kappa shape index (κ1) is 18.1. The van der Waals surface area contributed by atoms with Gasteiger partial charge in [-0.05, 0) is 48.9 Å². The van der Waals surface area contributed by atoms with E-state index >= 15 is 0 Å². The van der Waals surface area contributed by atoms with Gasteiger partial charge in [-0.1, -0.05) is 36.8 Å². The van der Waals surface area contributed by atoms with Gasteiger partial charge in [0.2, 0.25) is 0 Å². The summed E-state index contributed by atoms with van der Waals surface area (Å²) in [5.41, 5.74) is 4.42. The van der Waals surface area contributed by atoms with E-state index < -0.39 is 18.2 Å². The lowest BCUT2D eigenvalue weighted by Crippen LogP contribution is -2.33. The first-order valence-electron chi connectivity index (χ1n) is 8.09. The molecule has 3 N–H and O–H groups in total. The lowest BCUT2D eigenvalue weighted by atomic mass is 9.95. The van der Waals surface area contributed by atoms with Gasteiger partial charge in [-0.3, -0.25) is 4.98 Å². The van der Waals surface area contributed by atoms with Crippen LogP contribution in [-0.4, -0.2) is 38.5 Å². The molecule has 0 unspecified atom stereocenters. The van der Waals surface area contributed by atoms with Crippen LogP contribution in [-0.2, 0) is 11.2 Å². The number of hydrogen-bond acceptors (Lipinski definition) is 4. The highest BCUT2D eigenvalue weighted by Crippen LogP contribution is 2.26. The number of aliphatic hydroxyl groups is 2. The fraction of sp³-hybridized carbons (Fsp3) is 0.368. The Hall–Kier alpha value is -2.24. The van der Waals surface area contributed by atoms with E-state index in [1.165, 1.54) is 0 Å². The third-order valence-corrected chi connectivity index (χ3v) is 4.15. The van der Waals surface area contributed by atoms with Crippen molar-refractivity contribution in [1.29, 1.82) is 0 Å². The van der Waals surface area contributed by atoms with Gasteiger partial charge in [0.25, 0.3) is 0 Å². The average molecular weight is 329 g/mol. The zero-order valence-corrected chi connectivity index (χ0v) is 13.7. The topological polar surface area (TPSA) is 90.7 Å². The number of carbonyl (C=O) groups is 1. The van der Waals surface area contributed by atoms with Crippen LogP contribution in [0.4, 0.5) is 0 Å². The lowest BCUT2D eigenvalue weighted by molar-refractivity contribution is -0.153. The minimum atomic E-state index is -1.72. The second-order valence-electron chi connectivity index (χ2n) is 5.88. The second-order valence-corrected chi connectivity index (χ2v) is 5.88. The predicted molar refractivity (Wildman–Crippen MR) is 91.6 cm³/mol. The van der Waals surface area contributed by atoms with E-state index in [1.807, 2.05) is 31.2 Å². The van der Waals surface area contributed by atoms with Gasteiger partial charge in [0.1, 0.15) is 0 Å². The molecule has 0 aliphatic rings. The molecule has 0 saturated heterocycles. The molecule has 2 atom stereocenters. The zero-order valence-electron chi connectivity index (χ0n) is 13.7. The van der Waals surface area contributed by atoms with Crippen molar-refractivity contribution >= 4 is 5.97 Å². The van der Waals surface area contributed by atoms with Gasteiger partial charge < -0.3 is 15.3 Å². The Labute approximate surface area is 141 Å². The van der Waals surface area contributed by atoms with Crippen LogP contribution < -0.4 is 0 Å². The number of carboxylic acid groups (broad SMARTS) is 1. The molecule has 5 nitrogen and oxygen atoms in total. The first-order valence-corrected chi connectivity index (χ1v) is 8.09. The molecule has 0 amide bonds. The highest BCUT2D eigenvalue weighted by molar-refractivity contribution is 5.72. The summed E-state index contributed by atoms with van der Waals surface area (Å²) in [5.74, 6) is -1.39. The fourth-order valence-corrected chi connectivity index (χ4v) is 2.78. The minimum absolute atomic E-state index is 0.257. The Balaban J connectivity index is 1.99. The summed E-state index contributed by atoms with van der Waals surface area (Å²) in [6.07, 6.45) is 1.32. The number of benzene rings is 1. The normalized spacial score (nSPS) is 13.5. The number of aryl methyl sites for hydroxylation is 1. The van der Waals surface area contributed by atoms with Crippen LogP contribution in [0.25, 0.3) is 11.1 Å². The van der Waals surface area contributed by atoms with Crippen LogP contribution in [0.5, 0.6) is 0 Å². The number of rotatable bonds is 8. The predicted octanol–water partition coefficient (Wildman–Crippen LogP) is 2.58. The number of carboxylic acids is 1. The molecule has 0 spiro atoms. The molecule has 2 rings (SSSR count). The van der Waals surface area contributed by atoms with Gasteiger partial charge in [-0.25, -0.2) is 4.79 Å². The molecular formula is C19H23NO4. The van der Waals surface area contributed by atoms with Crippen molar-refractivity contribution in [2.24, 2.45) is 0 Å². The van der Waals surface area contributed by atoms with Crippen molar-refractivity contribution in [1.82, 2.24) is 4.98 Å². The summed E-state index contributed by atoms with van der Waals surface area (Å²) in [6.45, 7) is 1.98. The fourth-order valence-electron chi connectivity index (χ4n) is 2.78. The number of nitrogens with zero attached hydrogens (tertiary/aromatic N) is 1. The summed E-state index contributed by atoms with van der Waals surface area (Å²) < 4.78 is 0. The van der Waals surface area contributed by atoms with Gasteiger partial charge in [-0.15, -0.1) is 0 Å². The number of aliphatic carboxylic acids is 1. The lowest BCUT2D eigenvalue weighted by Gasteiger charge is -2.15. The largest absolute Gasteiger partial charge is 0.479 e. The maximum absolute atomic E-state index is 10.6. The molecule has 0 aliphatic heterocycles. The Morgan fingerprint density at radius 3 is 2.50 bits per heavy atom. The standard InChI is InChI=1S/C19H23NO4/c1-13-15(9-5-6-10-17(21)18(22)19(23)24)16(11-12-20-13)14-7-3-2-4-8-14/h2-4,7-8,11-12,17-18,21-22H,5-6,9-10H2,1H3,(H,23,24)/t17-,18-/m1/s1. The van der Waals surface area contributed by atoms with Gasteiger partial charge >= 0.3 is 5.97 Å². The molecule has 1 aromatic heterocycles. The van der Waals surface area contributed by atoms with Crippen LogP contribution in [0.1, 0.15) is 30.5 Å². The van der Waals surface area contributed by atoms with E-state index in [-0.39, 0.29) is 6.42 Å². The minimum Gasteiger partial charge on any atom is -0.479 e. The van der Waals surface area contributed by atoms with E-state index in [0.29, 0.717) is 6.42 Å². The monoisotopic (exact) mass is 329 g/mol. The molecule has 1 aromatic carbocycles. The van der Waals surface area contributed by atoms with Crippen molar-refractivity contribution < 1.29 is 20.1 Å². The smallest absolute Gasteiger partial charge is 0.335 e. The van der Waals surface area contributed by atoms with Gasteiger partial charge in [-0.2, -0.15) is 0 Å². The number of hydrogen-bond donors (Lipinski definition) is 3. The van der Waals surface area contributed by atoms with Crippen molar-refractivity contribution in [2.45, 2.75) is 44.8 Å². The van der Waals surface area contributed by atoms with E-state index in [2.05, 4.69) is 17.1 Å². The molecule has 2 aromatic rings. The third kappa shape index (κ3) is 4.63. The van der Waals surface area contributed by atoms with E-state index in [0.717, 1.165) is 35.2 Å². The van der Waals surface area contributed by atoms with Crippen molar-refractivity contribution in [3.05, 3.63) is 53.9 Å². The second kappa shape index (κ2) is 8.57. The summed E-state index contributed by atoms with van der Waals surface area (Å²) in [6, 6.07) is 12.1. The molecule has 0 radical (unpaired) electrons. The summed E-state index contributed by atoms with van der Waals surface area (Å²) >= 11 is 0. The Morgan fingerprint density at radius 1 is 1.12 bits per heavy atom. The molecular weight excluding hydrogens is 306 g/mol. The number of aliphatic hydroxyl groups excluding tert-OH is 2. The average Bonchev–Trinajstić information content (AvgIpc) is 2.59. The van der Waals surface area contributed by atoms with Gasteiger partial charge in [0, 0.05) is 11.9 Å². The van der Waals surface area contributed by atoms with Crippen LogP contribution >= 0.6 is 0 Å². The molecule has 1 heterocycles. The van der Waals surface area contributed by atoms with Gasteiger partial charge in [0.15, 0.2) is 6.10 Å². The maximum Gasteiger partial charge on any atom is 0.335 e.